The Hall–Kier alpha value is -3.59. The van der Waals surface area contributed by atoms with Gasteiger partial charge in [0.15, 0.2) is 10.8 Å². The number of amides is 1. The van der Waals surface area contributed by atoms with Crippen molar-refractivity contribution >= 4 is 32.7 Å². The van der Waals surface area contributed by atoms with E-state index >= 15 is 0 Å². The molecule has 4 rings (SSSR count). The van der Waals surface area contributed by atoms with Crippen molar-refractivity contribution in [2.24, 2.45) is 0 Å². The van der Waals surface area contributed by atoms with Gasteiger partial charge in [-0.3, -0.25) is 4.79 Å². The lowest BCUT2D eigenvalue weighted by molar-refractivity contribution is -0.119. The molecule has 2 heterocycles. The summed E-state index contributed by atoms with van der Waals surface area (Å²) < 4.78 is 13.5. The molecule has 8 nitrogen and oxygen atoms in total. The van der Waals surface area contributed by atoms with Gasteiger partial charge < -0.3 is 19.7 Å². The molecule has 33 heavy (non-hydrogen) atoms. The molecular weight excluding hydrogens is 438 g/mol. The standard InChI is InChI=1S/C24H27N5O3S/c1-15-6-9-18(10-7-15)29-23-22(16(2)27-29)33-24(26-23)28(3)14-21(30)25-13-17-8-11-19(31-4)12-20(17)32-5/h6-12H,13-14H2,1-5H3,(H,25,30). The van der Waals surface area contributed by atoms with E-state index in [1.165, 1.54) is 16.9 Å². The van der Waals surface area contributed by atoms with E-state index in [0.717, 1.165) is 32.4 Å². The molecule has 172 valence electrons. The van der Waals surface area contributed by atoms with Crippen LogP contribution in [0.25, 0.3) is 16.0 Å². The predicted octanol–water partition coefficient (Wildman–Crippen LogP) is 3.87. The van der Waals surface area contributed by atoms with Gasteiger partial charge in [0.05, 0.1) is 36.8 Å². The summed E-state index contributed by atoms with van der Waals surface area (Å²) in [5, 5.41) is 8.37. The Morgan fingerprint density at radius 3 is 2.58 bits per heavy atom. The van der Waals surface area contributed by atoms with Gasteiger partial charge in [-0.25, -0.2) is 4.68 Å². The molecule has 0 aliphatic heterocycles. The molecule has 2 aromatic carbocycles. The highest BCUT2D eigenvalue weighted by Gasteiger charge is 2.18. The maximum absolute atomic E-state index is 12.6. The molecule has 0 saturated carbocycles. The fourth-order valence-electron chi connectivity index (χ4n) is 3.48. The largest absolute Gasteiger partial charge is 0.497 e. The summed E-state index contributed by atoms with van der Waals surface area (Å²) in [6, 6.07) is 13.7. The zero-order chi connectivity index (χ0) is 23.5. The lowest BCUT2D eigenvalue weighted by Crippen LogP contribution is -2.34. The molecule has 0 aliphatic rings. The number of nitrogens with zero attached hydrogens (tertiary/aromatic N) is 4. The molecule has 2 aromatic heterocycles. The fourth-order valence-corrected chi connectivity index (χ4v) is 4.43. The molecule has 1 amide bonds. The summed E-state index contributed by atoms with van der Waals surface area (Å²) in [7, 11) is 5.07. The number of ether oxygens (including phenoxy) is 2. The summed E-state index contributed by atoms with van der Waals surface area (Å²) in [4.78, 5) is 19.2. The van der Waals surface area contributed by atoms with Crippen molar-refractivity contribution in [2.75, 3.05) is 32.7 Å². The minimum absolute atomic E-state index is 0.105. The second-order valence-corrected chi connectivity index (χ2v) is 8.77. The molecule has 0 aliphatic carbocycles. The highest BCUT2D eigenvalue weighted by Crippen LogP contribution is 2.32. The summed E-state index contributed by atoms with van der Waals surface area (Å²) in [5.41, 5.74) is 4.74. The number of thiazole rings is 1. The van der Waals surface area contributed by atoms with E-state index in [9.17, 15) is 4.79 Å². The predicted molar refractivity (Wildman–Crippen MR) is 131 cm³/mol. The van der Waals surface area contributed by atoms with Crippen molar-refractivity contribution in [3.05, 3.63) is 59.3 Å². The van der Waals surface area contributed by atoms with Gasteiger partial charge >= 0.3 is 0 Å². The number of anilines is 1. The number of likely N-dealkylation sites (N-methyl/N-ethyl adjacent to an activating group) is 1. The Morgan fingerprint density at radius 1 is 1.12 bits per heavy atom. The average Bonchev–Trinajstić information content (AvgIpc) is 3.39. The highest BCUT2D eigenvalue weighted by atomic mass is 32.1. The maximum atomic E-state index is 12.6. The van der Waals surface area contributed by atoms with Gasteiger partial charge in [-0.15, -0.1) is 0 Å². The lowest BCUT2D eigenvalue weighted by Gasteiger charge is -2.16. The molecule has 0 radical (unpaired) electrons. The number of hydrogen-bond acceptors (Lipinski definition) is 7. The molecule has 4 aromatic rings. The second kappa shape index (κ2) is 9.50. The van der Waals surface area contributed by atoms with Gasteiger partial charge in [-0.1, -0.05) is 29.0 Å². The van der Waals surface area contributed by atoms with Crippen molar-refractivity contribution < 1.29 is 14.3 Å². The van der Waals surface area contributed by atoms with Crippen LogP contribution in [0.1, 0.15) is 16.8 Å². The molecule has 1 N–H and O–H groups in total. The number of rotatable bonds is 8. The SMILES string of the molecule is COc1ccc(CNC(=O)CN(C)c2nc3c(s2)c(C)nn3-c2ccc(C)cc2)c(OC)c1. The molecule has 0 spiro atoms. The van der Waals surface area contributed by atoms with Crippen LogP contribution in [-0.4, -0.2) is 48.5 Å². The topological polar surface area (TPSA) is 81.5 Å². The van der Waals surface area contributed by atoms with E-state index in [1.54, 1.807) is 20.3 Å². The molecular formula is C24H27N5O3S. The van der Waals surface area contributed by atoms with Gasteiger partial charge in [-0.05, 0) is 38.1 Å². The molecule has 9 heteroatoms. The summed E-state index contributed by atoms with van der Waals surface area (Å²) in [6.07, 6.45) is 0. The quantitative estimate of drug-likeness (QED) is 0.426. The third kappa shape index (κ3) is 4.78. The third-order valence-electron chi connectivity index (χ3n) is 5.33. The average molecular weight is 466 g/mol. The van der Waals surface area contributed by atoms with E-state index in [4.69, 9.17) is 14.5 Å². The zero-order valence-electron chi connectivity index (χ0n) is 19.4. The minimum Gasteiger partial charge on any atom is -0.497 e. The van der Waals surface area contributed by atoms with Crippen LogP contribution < -0.4 is 19.7 Å². The molecule has 0 atom stereocenters. The smallest absolute Gasteiger partial charge is 0.239 e. The summed E-state index contributed by atoms with van der Waals surface area (Å²) >= 11 is 1.53. The van der Waals surface area contributed by atoms with Crippen LogP contribution in [0.4, 0.5) is 5.13 Å². The Balaban J connectivity index is 1.45. The third-order valence-corrected chi connectivity index (χ3v) is 6.60. The van der Waals surface area contributed by atoms with Crippen LogP contribution in [-0.2, 0) is 11.3 Å². The van der Waals surface area contributed by atoms with Gasteiger partial charge in [0.2, 0.25) is 5.91 Å². The minimum atomic E-state index is -0.105. The number of benzene rings is 2. The number of carbonyl (C=O) groups is 1. The van der Waals surface area contributed by atoms with Crippen molar-refractivity contribution in [3.63, 3.8) is 0 Å². The van der Waals surface area contributed by atoms with Crippen LogP contribution in [0.5, 0.6) is 11.5 Å². The van der Waals surface area contributed by atoms with E-state index in [0.29, 0.717) is 18.0 Å². The van der Waals surface area contributed by atoms with Gasteiger partial charge in [0.1, 0.15) is 11.5 Å². The summed E-state index contributed by atoms with van der Waals surface area (Å²) in [6.45, 7) is 4.58. The molecule has 0 saturated heterocycles. The second-order valence-electron chi connectivity index (χ2n) is 7.79. The maximum Gasteiger partial charge on any atom is 0.239 e. The zero-order valence-corrected chi connectivity index (χ0v) is 20.2. The number of aromatic nitrogens is 3. The first-order valence-electron chi connectivity index (χ1n) is 10.5. The Morgan fingerprint density at radius 2 is 1.88 bits per heavy atom. The lowest BCUT2D eigenvalue weighted by atomic mass is 10.2. The van der Waals surface area contributed by atoms with E-state index < -0.39 is 0 Å². The van der Waals surface area contributed by atoms with E-state index in [1.807, 2.05) is 47.8 Å². The number of aryl methyl sites for hydroxylation is 2. The van der Waals surface area contributed by atoms with E-state index in [-0.39, 0.29) is 12.5 Å². The van der Waals surface area contributed by atoms with Gasteiger partial charge in [0.25, 0.3) is 0 Å². The van der Waals surface area contributed by atoms with Crippen LogP contribution in [0.3, 0.4) is 0 Å². The Labute approximate surface area is 196 Å². The number of carbonyl (C=O) groups excluding carboxylic acids is 1. The highest BCUT2D eigenvalue weighted by molar-refractivity contribution is 7.22. The Bertz CT molecular complexity index is 1280. The number of nitrogens with one attached hydrogen (secondary N) is 1. The van der Waals surface area contributed by atoms with Crippen molar-refractivity contribution in [3.8, 4) is 17.2 Å². The fraction of sp³-hybridized carbons (Fsp3) is 0.292. The van der Waals surface area contributed by atoms with Crippen LogP contribution in [0, 0.1) is 13.8 Å². The van der Waals surface area contributed by atoms with Crippen molar-refractivity contribution in [1.82, 2.24) is 20.1 Å². The van der Waals surface area contributed by atoms with Gasteiger partial charge in [0, 0.05) is 25.2 Å². The normalized spacial score (nSPS) is 10.9. The van der Waals surface area contributed by atoms with Gasteiger partial charge in [-0.2, -0.15) is 10.1 Å². The summed E-state index contributed by atoms with van der Waals surface area (Å²) in [5.74, 6) is 1.27. The van der Waals surface area contributed by atoms with Crippen LogP contribution >= 0.6 is 11.3 Å². The first kappa shape index (κ1) is 22.6. The number of hydrogen-bond donors (Lipinski definition) is 1. The first-order valence-corrected chi connectivity index (χ1v) is 11.3. The molecule has 0 fully saturated rings. The monoisotopic (exact) mass is 465 g/mol. The van der Waals surface area contributed by atoms with E-state index in [2.05, 4.69) is 29.5 Å². The Kier molecular flexibility index (Phi) is 6.50. The van der Waals surface area contributed by atoms with Crippen LogP contribution in [0.15, 0.2) is 42.5 Å². The molecule has 0 unspecified atom stereocenters. The number of fused-ring (bicyclic) bond motifs is 1. The number of methoxy groups -OCH3 is 2. The van der Waals surface area contributed by atoms with Crippen molar-refractivity contribution in [2.45, 2.75) is 20.4 Å². The first-order chi connectivity index (χ1) is 15.9. The van der Waals surface area contributed by atoms with Crippen molar-refractivity contribution in [1.29, 1.82) is 0 Å². The van der Waals surface area contributed by atoms with Crippen LogP contribution in [0.2, 0.25) is 0 Å². The molecule has 0 bridgehead atoms.